The average Bonchev–Trinajstić information content (AvgIpc) is 2.74. The number of aromatic nitrogens is 2. The smallest absolute Gasteiger partial charge is 0.227 e. The number of benzene rings is 2. The fourth-order valence-electron chi connectivity index (χ4n) is 3.93. The van der Waals surface area contributed by atoms with Gasteiger partial charge in [-0.25, -0.2) is 18.4 Å². The van der Waals surface area contributed by atoms with Gasteiger partial charge in [0.15, 0.2) is 15.6 Å². The molecular formula is C24H27N3O4S. The van der Waals surface area contributed by atoms with Gasteiger partial charge in [0.2, 0.25) is 5.95 Å². The molecule has 0 saturated heterocycles. The van der Waals surface area contributed by atoms with Crippen LogP contribution in [-0.2, 0) is 15.6 Å². The summed E-state index contributed by atoms with van der Waals surface area (Å²) in [7, 11) is -3.13. The molecule has 0 atom stereocenters. The normalized spacial score (nSPS) is 18.9. The minimum absolute atomic E-state index is 0.0155. The van der Waals surface area contributed by atoms with Gasteiger partial charge in [-0.2, -0.15) is 0 Å². The first-order valence-electron chi connectivity index (χ1n) is 10.6. The Hall–Kier alpha value is -2.97. The highest BCUT2D eigenvalue weighted by atomic mass is 32.2. The summed E-state index contributed by atoms with van der Waals surface area (Å²) in [5.41, 5.74) is 2.92. The van der Waals surface area contributed by atoms with Gasteiger partial charge < -0.3 is 15.2 Å². The van der Waals surface area contributed by atoms with Crippen LogP contribution >= 0.6 is 0 Å². The second kappa shape index (κ2) is 9.26. The summed E-state index contributed by atoms with van der Waals surface area (Å²) < 4.78 is 29.6. The molecule has 0 aliphatic heterocycles. The van der Waals surface area contributed by atoms with Crippen LogP contribution < -0.4 is 10.1 Å². The third kappa shape index (κ3) is 5.44. The van der Waals surface area contributed by atoms with Gasteiger partial charge >= 0.3 is 0 Å². The van der Waals surface area contributed by atoms with E-state index in [4.69, 9.17) is 9.72 Å². The number of aliphatic hydroxyl groups excluding tert-OH is 1. The Balaban J connectivity index is 1.64. The first-order chi connectivity index (χ1) is 15.3. The molecule has 1 aliphatic rings. The lowest BCUT2D eigenvalue weighted by atomic mass is 9.95. The van der Waals surface area contributed by atoms with E-state index in [0.29, 0.717) is 28.5 Å². The summed E-state index contributed by atoms with van der Waals surface area (Å²) in [4.78, 5) is 9.11. The van der Waals surface area contributed by atoms with Crippen molar-refractivity contribution in [3.05, 3.63) is 60.3 Å². The Morgan fingerprint density at radius 3 is 2.72 bits per heavy atom. The van der Waals surface area contributed by atoms with Crippen molar-refractivity contribution in [2.45, 2.75) is 43.6 Å². The van der Waals surface area contributed by atoms with Gasteiger partial charge in [0.1, 0.15) is 5.52 Å². The summed E-state index contributed by atoms with van der Waals surface area (Å²) in [6.45, 7) is 3.90. The van der Waals surface area contributed by atoms with Gasteiger partial charge in [-0.05, 0) is 43.4 Å². The van der Waals surface area contributed by atoms with Gasteiger partial charge in [0.05, 0.1) is 18.0 Å². The van der Waals surface area contributed by atoms with Crippen molar-refractivity contribution in [2.24, 2.45) is 0 Å². The predicted octanol–water partition coefficient (Wildman–Crippen LogP) is 4.24. The van der Waals surface area contributed by atoms with Crippen LogP contribution in [0.1, 0.15) is 36.8 Å². The number of hydrogen-bond donors (Lipinski definition) is 2. The number of anilines is 2. The second-order valence-electron chi connectivity index (χ2n) is 8.26. The molecule has 168 valence electrons. The maximum atomic E-state index is 11.6. The number of ether oxygens (including phenoxy) is 1. The molecule has 1 aliphatic carbocycles. The SMILES string of the molecule is C=Cc1ccc2cnc(Nc3cccc(CS(C)(=O)=O)c3)nc2c1O[C@H]1CC[C@@H](O)CC1. The average molecular weight is 454 g/mol. The van der Waals surface area contributed by atoms with Crippen LogP contribution in [0.25, 0.3) is 17.0 Å². The third-order valence-electron chi connectivity index (χ3n) is 5.50. The number of nitrogens with one attached hydrogen (secondary N) is 1. The highest BCUT2D eigenvalue weighted by Crippen LogP contribution is 2.33. The van der Waals surface area contributed by atoms with Gasteiger partial charge in [0, 0.05) is 29.1 Å². The molecule has 32 heavy (non-hydrogen) atoms. The molecule has 3 aromatic rings. The molecule has 1 heterocycles. The van der Waals surface area contributed by atoms with Crippen LogP contribution in [-0.4, -0.2) is 42.0 Å². The molecule has 0 spiro atoms. The molecular weight excluding hydrogens is 426 g/mol. The zero-order chi connectivity index (χ0) is 22.7. The van der Waals surface area contributed by atoms with Crippen molar-refractivity contribution in [1.29, 1.82) is 0 Å². The summed E-state index contributed by atoms with van der Waals surface area (Å²) >= 11 is 0. The lowest BCUT2D eigenvalue weighted by Gasteiger charge is -2.27. The van der Waals surface area contributed by atoms with Crippen molar-refractivity contribution in [2.75, 3.05) is 11.6 Å². The van der Waals surface area contributed by atoms with E-state index in [1.165, 1.54) is 6.26 Å². The van der Waals surface area contributed by atoms with Gasteiger partial charge in [-0.3, -0.25) is 0 Å². The number of sulfone groups is 1. The molecule has 7 nitrogen and oxygen atoms in total. The highest BCUT2D eigenvalue weighted by Gasteiger charge is 2.23. The highest BCUT2D eigenvalue weighted by molar-refractivity contribution is 7.89. The zero-order valence-electron chi connectivity index (χ0n) is 18.0. The van der Waals surface area contributed by atoms with E-state index in [1.54, 1.807) is 30.5 Å². The van der Waals surface area contributed by atoms with E-state index in [2.05, 4.69) is 16.9 Å². The molecule has 0 amide bonds. The number of fused-ring (bicyclic) bond motifs is 1. The van der Waals surface area contributed by atoms with Crippen LogP contribution in [0.4, 0.5) is 11.6 Å². The molecule has 8 heteroatoms. The van der Waals surface area contributed by atoms with E-state index >= 15 is 0 Å². The largest absolute Gasteiger partial charge is 0.488 e. The maximum Gasteiger partial charge on any atom is 0.227 e. The number of aliphatic hydroxyl groups is 1. The molecule has 4 rings (SSSR count). The van der Waals surface area contributed by atoms with Crippen LogP contribution in [0.5, 0.6) is 5.75 Å². The van der Waals surface area contributed by atoms with E-state index in [9.17, 15) is 13.5 Å². The molecule has 2 N–H and O–H groups in total. The minimum Gasteiger partial charge on any atom is -0.488 e. The van der Waals surface area contributed by atoms with Gasteiger partial charge in [-0.15, -0.1) is 0 Å². The first kappa shape index (κ1) is 22.2. The van der Waals surface area contributed by atoms with Crippen molar-refractivity contribution in [3.8, 4) is 5.75 Å². The van der Waals surface area contributed by atoms with Crippen LogP contribution in [0.15, 0.2) is 49.2 Å². The Morgan fingerprint density at radius 1 is 1.22 bits per heavy atom. The fraction of sp³-hybridized carbons (Fsp3) is 0.333. The maximum absolute atomic E-state index is 11.6. The lowest BCUT2D eigenvalue weighted by Crippen LogP contribution is -2.26. The zero-order valence-corrected chi connectivity index (χ0v) is 18.8. The Labute approximate surface area is 188 Å². The standard InChI is InChI=1S/C24H27N3O4S/c1-3-17-7-8-18-14-25-24(26-19-6-4-5-16(13-19)15-32(2,29)30)27-22(18)23(17)31-21-11-9-20(28)10-12-21/h3-8,13-14,20-21,28H,1,9-12,15H2,2H3,(H,25,26,27)/t20-,21+. The van der Waals surface area contributed by atoms with Crippen LogP contribution in [0, 0.1) is 0 Å². The quantitative estimate of drug-likeness (QED) is 0.552. The van der Waals surface area contributed by atoms with Crippen LogP contribution in [0.2, 0.25) is 0 Å². The molecule has 1 aromatic heterocycles. The lowest BCUT2D eigenvalue weighted by molar-refractivity contribution is 0.0671. The van der Waals surface area contributed by atoms with Crippen LogP contribution in [0.3, 0.4) is 0 Å². The van der Waals surface area contributed by atoms with Crippen molar-refractivity contribution in [1.82, 2.24) is 9.97 Å². The summed E-state index contributed by atoms with van der Waals surface area (Å²) in [6.07, 6.45) is 7.49. The molecule has 1 fully saturated rings. The molecule has 2 aromatic carbocycles. The van der Waals surface area contributed by atoms with E-state index in [0.717, 1.165) is 36.6 Å². The molecule has 0 unspecified atom stereocenters. The fourth-order valence-corrected chi connectivity index (χ4v) is 4.72. The number of hydrogen-bond acceptors (Lipinski definition) is 7. The number of rotatable bonds is 7. The Morgan fingerprint density at radius 2 is 2.00 bits per heavy atom. The summed E-state index contributed by atoms with van der Waals surface area (Å²) in [5, 5.41) is 13.8. The van der Waals surface area contributed by atoms with Crippen molar-refractivity contribution in [3.63, 3.8) is 0 Å². The number of nitrogens with zero attached hydrogens (tertiary/aromatic N) is 2. The van der Waals surface area contributed by atoms with Crippen molar-refractivity contribution < 1.29 is 18.3 Å². The van der Waals surface area contributed by atoms with E-state index in [-0.39, 0.29) is 18.0 Å². The third-order valence-corrected chi connectivity index (χ3v) is 6.35. The second-order valence-corrected chi connectivity index (χ2v) is 10.4. The predicted molar refractivity (Wildman–Crippen MR) is 127 cm³/mol. The van der Waals surface area contributed by atoms with Crippen molar-refractivity contribution >= 4 is 38.5 Å². The van der Waals surface area contributed by atoms with Gasteiger partial charge in [-0.1, -0.05) is 36.9 Å². The molecule has 0 bridgehead atoms. The Kier molecular flexibility index (Phi) is 6.43. The molecule has 0 radical (unpaired) electrons. The minimum atomic E-state index is -3.13. The summed E-state index contributed by atoms with van der Waals surface area (Å²) in [5.74, 6) is 1.02. The van der Waals surface area contributed by atoms with E-state index < -0.39 is 9.84 Å². The molecule has 1 saturated carbocycles. The van der Waals surface area contributed by atoms with Gasteiger partial charge in [0.25, 0.3) is 0 Å². The first-order valence-corrected chi connectivity index (χ1v) is 12.7. The topological polar surface area (TPSA) is 101 Å². The summed E-state index contributed by atoms with van der Waals surface area (Å²) in [6, 6.07) is 11.1. The Bertz CT molecular complexity index is 1240. The monoisotopic (exact) mass is 453 g/mol. The van der Waals surface area contributed by atoms with E-state index in [1.807, 2.05) is 18.2 Å².